The average molecular weight is 383 g/mol. The van der Waals surface area contributed by atoms with Crippen LogP contribution < -0.4 is 5.43 Å². The van der Waals surface area contributed by atoms with E-state index >= 15 is 0 Å². The van der Waals surface area contributed by atoms with E-state index in [9.17, 15) is 23.1 Å². The summed E-state index contributed by atoms with van der Waals surface area (Å²) in [5.41, 5.74) is -0.0240. The summed E-state index contributed by atoms with van der Waals surface area (Å²) >= 11 is 3.27. The summed E-state index contributed by atoms with van der Waals surface area (Å²) in [6, 6.07) is 0. The summed E-state index contributed by atoms with van der Waals surface area (Å²) in [4.78, 5) is 12.2. The molecule has 1 unspecified atom stereocenters. The lowest BCUT2D eigenvalue weighted by molar-refractivity contribution is -0.304. The molecule has 1 aromatic rings. The molecule has 1 fully saturated rings. The number of aryl methyl sites for hydroxylation is 1. The Morgan fingerprint density at radius 2 is 2.14 bits per heavy atom. The molecule has 2 rings (SSSR count). The quantitative estimate of drug-likeness (QED) is 0.817. The fourth-order valence-corrected chi connectivity index (χ4v) is 2.47. The van der Waals surface area contributed by atoms with Crippen molar-refractivity contribution < 1.29 is 23.1 Å². The molecule has 0 spiro atoms. The van der Waals surface area contributed by atoms with Crippen LogP contribution in [-0.4, -0.2) is 37.7 Å². The van der Waals surface area contributed by atoms with Crippen molar-refractivity contribution in [1.82, 2.24) is 20.2 Å². The summed E-state index contributed by atoms with van der Waals surface area (Å²) in [6.07, 6.45) is -5.83. The van der Waals surface area contributed by atoms with Gasteiger partial charge >= 0.3 is 6.18 Å². The third kappa shape index (κ3) is 2.60. The maximum Gasteiger partial charge on any atom is 0.438 e. The van der Waals surface area contributed by atoms with Crippen LogP contribution in [0.2, 0.25) is 0 Å². The van der Waals surface area contributed by atoms with Crippen LogP contribution in [0.4, 0.5) is 13.2 Å². The van der Waals surface area contributed by atoms with Crippen LogP contribution in [-0.2, 0) is 11.3 Å². The third-order valence-corrected chi connectivity index (χ3v) is 4.53. The van der Waals surface area contributed by atoms with Gasteiger partial charge in [-0.2, -0.15) is 18.3 Å². The van der Waals surface area contributed by atoms with Gasteiger partial charge in [0.05, 0.1) is 15.9 Å². The van der Waals surface area contributed by atoms with Crippen molar-refractivity contribution in [3.05, 3.63) is 28.1 Å². The zero-order valence-electron chi connectivity index (χ0n) is 11.8. The summed E-state index contributed by atoms with van der Waals surface area (Å²) in [7, 11) is 0. The molecular weight excluding hydrogens is 369 g/mol. The van der Waals surface area contributed by atoms with Crippen molar-refractivity contribution >= 4 is 21.8 Å². The van der Waals surface area contributed by atoms with Gasteiger partial charge in [0.1, 0.15) is 6.54 Å². The van der Waals surface area contributed by atoms with Gasteiger partial charge in [0.25, 0.3) is 11.6 Å². The molecule has 0 saturated carbocycles. The van der Waals surface area contributed by atoms with Gasteiger partial charge in [-0.1, -0.05) is 6.58 Å². The van der Waals surface area contributed by atoms with Crippen LogP contribution in [0.15, 0.2) is 16.7 Å². The maximum absolute atomic E-state index is 13.1. The second kappa shape index (κ2) is 5.27. The van der Waals surface area contributed by atoms with Crippen LogP contribution >= 0.6 is 15.9 Å². The van der Waals surface area contributed by atoms with Gasteiger partial charge in [-0.05, 0) is 29.8 Å². The van der Waals surface area contributed by atoms with Gasteiger partial charge in [-0.25, -0.2) is 5.01 Å². The fraction of sp³-hybridized carbons (Fsp3) is 0.500. The van der Waals surface area contributed by atoms with Gasteiger partial charge in [-0.3, -0.25) is 14.9 Å². The molecule has 1 saturated heterocycles. The molecule has 10 heteroatoms. The molecule has 1 aliphatic rings. The zero-order valence-corrected chi connectivity index (χ0v) is 13.4. The number of halogens is 4. The predicted octanol–water partition coefficient (Wildman–Crippen LogP) is 1.76. The van der Waals surface area contributed by atoms with Gasteiger partial charge in [-0.15, -0.1) is 0 Å². The number of nitrogens with one attached hydrogen (secondary N) is 1. The molecule has 1 aromatic heterocycles. The molecule has 1 aliphatic heterocycles. The van der Waals surface area contributed by atoms with Gasteiger partial charge in [0, 0.05) is 12.1 Å². The van der Waals surface area contributed by atoms with E-state index in [0.29, 0.717) is 15.9 Å². The van der Waals surface area contributed by atoms with E-state index in [4.69, 9.17) is 0 Å². The minimum Gasteiger partial charge on any atom is -0.362 e. The standard InChI is InChI=1S/C12H14BrF3N4O2/c1-6-4-11(22,12(14,15)16)20(17-6)9(21)5-19-8(3)10(13)7(2)18-19/h17,22H,1,4-5H2,2-3H3. The smallest absolute Gasteiger partial charge is 0.362 e. The molecule has 122 valence electrons. The Kier molecular flexibility index (Phi) is 4.03. The number of amides is 1. The van der Waals surface area contributed by atoms with E-state index in [0.717, 1.165) is 0 Å². The topological polar surface area (TPSA) is 70.4 Å². The first-order valence-electron chi connectivity index (χ1n) is 6.23. The summed E-state index contributed by atoms with van der Waals surface area (Å²) in [6.45, 7) is 6.26. The second-order valence-corrected chi connectivity index (χ2v) is 5.87. The van der Waals surface area contributed by atoms with E-state index in [2.05, 4.69) is 33.0 Å². The van der Waals surface area contributed by atoms with Gasteiger partial charge < -0.3 is 5.11 Å². The fourth-order valence-electron chi connectivity index (χ4n) is 2.19. The van der Waals surface area contributed by atoms with Crippen molar-refractivity contribution in [2.24, 2.45) is 0 Å². The Bertz CT molecular complexity index is 643. The van der Waals surface area contributed by atoms with E-state index in [1.54, 1.807) is 13.8 Å². The van der Waals surface area contributed by atoms with Gasteiger partial charge in [0.15, 0.2) is 0 Å². The molecule has 0 aromatic carbocycles. The number of nitrogens with zero attached hydrogens (tertiary/aromatic N) is 3. The monoisotopic (exact) mass is 382 g/mol. The maximum atomic E-state index is 13.1. The number of carbonyl (C=O) groups is 1. The minimum absolute atomic E-state index is 0.0947. The minimum atomic E-state index is -5.01. The molecule has 0 aliphatic carbocycles. The summed E-state index contributed by atoms with van der Waals surface area (Å²) in [5.74, 6) is -0.975. The number of alkyl halides is 3. The highest BCUT2D eigenvalue weighted by Crippen LogP contribution is 2.40. The Hall–Kier alpha value is -1.55. The number of aromatic nitrogens is 2. The number of aliphatic hydroxyl groups is 1. The van der Waals surface area contributed by atoms with Crippen molar-refractivity contribution in [1.29, 1.82) is 0 Å². The molecule has 0 bridgehead atoms. The van der Waals surface area contributed by atoms with Crippen LogP contribution in [0, 0.1) is 13.8 Å². The lowest BCUT2D eigenvalue weighted by Gasteiger charge is -2.33. The normalized spacial score (nSPS) is 22.1. The van der Waals surface area contributed by atoms with E-state index in [1.807, 2.05) is 0 Å². The first-order valence-corrected chi connectivity index (χ1v) is 7.03. The van der Waals surface area contributed by atoms with Crippen molar-refractivity contribution in [3.8, 4) is 0 Å². The predicted molar refractivity (Wildman–Crippen MR) is 74.1 cm³/mol. The number of rotatable bonds is 2. The lowest BCUT2D eigenvalue weighted by Crippen LogP contribution is -2.60. The van der Waals surface area contributed by atoms with Crippen LogP contribution in [0.3, 0.4) is 0 Å². The number of hydrogen-bond donors (Lipinski definition) is 2. The summed E-state index contributed by atoms with van der Waals surface area (Å²) < 4.78 is 41.1. The lowest BCUT2D eigenvalue weighted by atomic mass is 10.1. The molecule has 2 heterocycles. The van der Waals surface area contributed by atoms with E-state index in [1.165, 1.54) is 4.68 Å². The molecule has 6 nitrogen and oxygen atoms in total. The highest BCUT2D eigenvalue weighted by Gasteiger charge is 2.63. The molecule has 2 N–H and O–H groups in total. The Labute approximate surface area is 132 Å². The largest absolute Gasteiger partial charge is 0.438 e. The second-order valence-electron chi connectivity index (χ2n) is 5.08. The highest BCUT2D eigenvalue weighted by molar-refractivity contribution is 9.10. The first kappa shape index (κ1) is 16.8. The number of hydrazine groups is 1. The van der Waals surface area contributed by atoms with Crippen LogP contribution in [0.25, 0.3) is 0 Å². The van der Waals surface area contributed by atoms with Gasteiger partial charge in [0.2, 0.25) is 0 Å². The van der Waals surface area contributed by atoms with Crippen LogP contribution in [0.1, 0.15) is 17.8 Å². The van der Waals surface area contributed by atoms with Crippen molar-refractivity contribution in [2.45, 2.75) is 38.7 Å². The molecule has 0 radical (unpaired) electrons. The number of carbonyl (C=O) groups excluding carboxylic acids is 1. The Morgan fingerprint density at radius 1 is 1.55 bits per heavy atom. The molecular formula is C12H14BrF3N4O2. The van der Waals surface area contributed by atoms with E-state index < -0.39 is 30.8 Å². The molecule has 1 atom stereocenters. The van der Waals surface area contributed by atoms with Crippen molar-refractivity contribution in [3.63, 3.8) is 0 Å². The zero-order chi connectivity index (χ0) is 16.9. The molecule has 1 amide bonds. The van der Waals surface area contributed by atoms with Crippen LogP contribution in [0.5, 0.6) is 0 Å². The SMILES string of the molecule is C=C1CC(O)(C(F)(F)F)N(C(=O)Cn2nc(C)c(Br)c2C)N1. The Balaban J connectivity index is 2.28. The highest BCUT2D eigenvalue weighted by atomic mass is 79.9. The van der Waals surface area contributed by atoms with E-state index in [-0.39, 0.29) is 10.7 Å². The Morgan fingerprint density at radius 3 is 2.59 bits per heavy atom. The third-order valence-electron chi connectivity index (χ3n) is 3.38. The van der Waals surface area contributed by atoms with Crippen molar-refractivity contribution in [2.75, 3.05) is 0 Å². The number of hydrogen-bond acceptors (Lipinski definition) is 4. The summed E-state index contributed by atoms with van der Waals surface area (Å²) in [5, 5.41) is 14.1. The first-order chi connectivity index (χ1) is 9.97. The average Bonchev–Trinajstić information content (AvgIpc) is 2.82. The molecule has 22 heavy (non-hydrogen) atoms.